The summed E-state index contributed by atoms with van der Waals surface area (Å²) in [4.78, 5) is 45.0. The molecular formula is C63H60N24O6. The van der Waals surface area contributed by atoms with Crippen molar-refractivity contribution in [3.63, 3.8) is 0 Å². The third-order valence-corrected chi connectivity index (χ3v) is 12.7. The van der Waals surface area contributed by atoms with Crippen LogP contribution in [0.2, 0.25) is 0 Å². The number of carbonyl (C=O) groups is 1. The third kappa shape index (κ3) is 16.8. The van der Waals surface area contributed by atoms with Gasteiger partial charge in [0.2, 0.25) is 47.6 Å². The summed E-state index contributed by atoms with van der Waals surface area (Å²) < 4.78 is 26.8. The molecule has 0 saturated carbocycles. The van der Waals surface area contributed by atoms with Gasteiger partial charge in [0, 0.05) is 53.6 Å². The number of nitrogens with zero attached hydrogens (tertiary/aromatic N) is 16. The third-order valence-electron chi connectivity index (χ3n) is 12.7. The highest BCUT2D eigenvalue weighted by atomic mass is 16.5. The molecule has 93 heavy (non-hydrogen) atoms. The van der Waals surface area contributed by atoms with Crippen molar-refractivity contribution in [2.45, 2.75) is 6.61 Å². The molecule has 0 bridgehead atoms. The molecule has 0 saturated heterocycles. The van der Waals surface area contributed by atoms with E-state index in [0.29, 0.717) is 69.8 Å². The topological polar surface area (TPSA) is 401 Å². The number of benzene rings is 5. The summed E-state index contributed by atoms with van der Waals surface area (Å²) in [5, 5.41) is 38.4. The Bertz CT molecular complexity index is 4490. The number of aliphatic hydroxyl groups is 1. The van der Waals surface area contributed by atoms with Gasteiger partial charge in [0.1, 0.15) is 11.5 Å². The predicted molar refractivity (Wildman–Crippen MR) is 350 cm³/mol. The number of hydrogen-bond donors (Lipinski definition) is 9. The lowest BCUT2D eigenvalue weighted by molar-refractivity contribution is 0.0600. The Morgan fingerprint density at radius 3 is 1.17 bits per heavy atom. The van der Waals surface area contributed by atoms with Gasteiger partial charge in [-0.25, -0.2) is 24.7 Å². The zero-order valence-corrected chi connectivity index (χ0v) is 49.9. The molecule has 0 unspecified atom stereocenters. The van der Waals surface area contributed by atoms with E-state index in [-0.39, 0.29) is 30.4 Å². The zero-order valence-electron chi connectivity index (χ0n) is 49.9. The first-order valence-corrected chi connectivity index (χ1v) is 28.0. The largest absolute Gasteiger partial charge is 0.493 e. The Morgan fingerprint density at radius 1 is 0.409 bits per heavy atom. The average molecular weight is 1250 g/mol. The number of methoxy groups -OCH3 is 3. The molecule has 8 aromatic heterocycles. The minimum Gasteiger partial charge on any atom is -0.493 e. The highest BCUT2D eigenvalue weighted by Gasteiger charge is 2.15. The Hall–Kier alpha value is -13.5. The summed E-state index contributed by atoms with van der Waals surface area (Å²) in [6.07, 6.45) is 6.65. The summed E-state index contributed by atoms with van der Waals surface area (Å²) >= 11 is 0. The smallest absolute Gasteiger partial charge is 0.337 e. The van der Waals surface area contributed by atoms with Crippen molar-refractivity contribution in [2.75, 3.05) is 65.5 Å². The lowest BCUT2D eigenvalue weighted by Gasteiger charge is -2.09. The molecule has 5 aromatic carbocycles. The lowest BCUT2D eigenvalue weighted by atomic mass is 10.2. The SMILES string of the molecule is COC(=O)c1cccc(Nc2nc(N)n(-c3ccccn3)n2)c1.COc1ccc(Nc2nc(N)n(-c3ccccn3)n2)cc1OC.Nc1nc(Nc2ccc(CO)cc2)nn1-c1ccccn1.Nc1nc(Nc2ccc(Oc3ccccc3)cc2)nn1-c1ccccn1. The fourth-order valence-corrected chi connectivity index (χ4v) is 8.30. The number of aliphatic hydroxyl groups excluding tert-OH is 1. The van der Waals surface area contributed by atoms with Crippen molar-refractivity contribution in [1.29, 1.82) is 0 Å². The van der Waals surface area contributed by atoms with E-state index in [1.54, 1.807) is 99.7 Å². The number of pyridine rings is 4. The molecule has 30 heteroatoms. The number of nitrogens with two attached hydrogens (primary N) is 4. The highest BCUT2D eigenvalue weighted by molar-refractivity contribution is 5.90. The van der Waals surface area contributed by atoms with Crippen LogP contribution in [0.5, 0.6) is 23.0 Å². The van der Waals surface area contributed by atoms with E-state index in [4.69, 9.17) is 47.0 Å². The summed E-state index contributed by atoms with van der Waals surface area (Å²) in [7, 11) is 4.49. The van der Waals surface area contributed by atoms with Crippen LogP contribution in [0.15, 0.2) is 219 Å². The number of nitrogens with one attached hydrogen (secondary N) is 4. The van der Waals surface area contributed by atoms with Crippen molar-refractivity contribution in [2.24, 2.45) is 0 Å². The second-order valence-electron chi connectivity index (χ2n) is 19.0. The van der Waals surface area contributed by atoms with Gasteiger partial charge in [-0.3, -0.25) is 0 Å². The average Bonchev–Trinajstić information content (AvgIpc) is 2.18. The van der Waals surface area contributed by atoms with Crippen LogP contribution in [0.1, 0.15) is 15.9 Å². The Kier molecular flexibility index (Phi) is 20.5. The number of ether oxygens (including phenoxy) is 4. The zero-order chi connectivity index (χ0) is 64.9. The second kappa shape index (κ2) is 30.4. The highest BCUT2D eigenvalue weighted by Crippen LogP contribution is 2.31. The van der Waals surface area contributed by atoms with Crippen LogP contribution in [0.3, 0.4) is 0 Å². The lowest BCUT2D eigenvalue weighted by Crippen LogP contribution is -2.04. The number of para-hydroxylation sites is 1. The number of esters is 1. The van der Waals surface area contributed by atoms with E-state index in [9.17, 15) is 4.79 Å². The molecule has 8 heterocycles. The molecule has 0 fully saturated rings. The van der Waals surface area contributed by atoms with Crippen molar-refractivity contribution >= 4 is 76.3 Å². The first-order chi connectivity index (χ1) is 45.4. The minimum absolute atomic E-state index is 0.0137. The molecule has 0 atom stereocenters. The number of aromatic nitrogens is 16. The summed E-state index contributed by atoms with van der Waals surface area (Å²) in [5.74, 6) is 7.13. The number of nitrogen functional groups attached to an aromatic ring is 4. The fraction of sp³-hybridized carbons (Fsp3) is 0.0635. The minimum atomic E-state index is -0.417. The summed E-state index contributed by atoms with van der Waals surface area (Å²) in [5.41, 5.74) is 27.8. The molecule has 13 rings (SSSR count). The molecule has 0 aliphatic carbocycles. The molecule has 13 aromatic rings. The van der Waals surface area contributed by atoms with Gasteiger partial charge in [0.05, 0.1) is 33.5 Å². The Morgan fingerprint density at radius 2 is 0.785 bits per heavy atom. The predicted octanol–water partition coefficient (Wildman–Crippen LogP) is 9.04. The van der Waals surface area contributed by atoms with Crippen LogP contribution in [-0.2, 0) is 11.3 Å². The molecule has 0 spiro atoms. The van der Waals surface area contributed by atoms with Crippen LogP contribution in [0.4, 0.5) is 70.3 Å². The van der Waals surface area contributed by atoms with E-state index in [1.165, 1.54) is 25.8 Å². The van der Waals surface area contributed by atoms with Gasteiger partial charge in [0.25, 0.3) is 0 Å². The van der Waals surface area contributed by atoms with Crippen molar-refractivity contribution in [1.82, 2.24) is 79.0 Å². The first-order valence-electron chi connectivity index (χ1n) is 28.0. The Labute approximate surface area is 530 Å². The van der Waals surface area contributed by atoms with E-state index in [1.807, 2.05) is 133 Å². The molecule has 0 radical (unpaired) electrons. The maximum absolute atomic E-state index is 11.5. The number of carbonyl (C=O) groups excluding carboxylic acids is 1. The van der Waals surface area contributed by atoms with E-state index < -0.39 is 5.97 Å². The first kappa shape index (κ1) is 62.5. The molecule has 30 nitrogen and oxygen atoms in total. The van der Waals surface area contributed by atoms with Gasteiger partial charge in [0.15, 0.2) is 34.8 Å². The standard InChI is InChI=1S/C19H16N6O.C15H16N6O2.C15H14N6O2.C14H14N6O/c20-18-23-19(24-25(18)17-8-4-5-13-21-17)22-14-9-11-16(12-10-14)26-15-6-2-1-3-7-15;1-22-11-7-6-10(9-12(11)23-2)18-15-19-14(16)21(20-15)13-5-3-4-8-17-13;1-23-13(22)10-5-4-6-11(9-10)18-15-19-14(16)21(20-15)12-7-2-3-8-17-12;15-13-18-14(17-11-6-4-10(9-21)5-7-11)19-20(13)12-3-1-2-8-16-12/h1-13H,(H3,20,22,23,24);3-9H,1-2H3,(H3,16,18,19,20);2-9H,1H3,(H3,16,18,19,20);1-8,21H,9H2,(H3,15,17,18,19). The van der Waals surface area contributed by atoms with Crippen LogP contribution >= 0.6 is 0 Å². The van der Waals surface area contributed by atoms with Crippen molar-refractivity contribution in [3.8, 4) is 46.3 Å². The molecular weight excluding hydrogens is 1190 g/mol. The Balaban J connectivity index is 0.000000136. The van der Waals surface area contributed by atoms with Gasteiger partial charge < -0.3 is 68.3 Å². The van der Waals surface area contributed by atoms with Gasteiger partial charge in [-0.05, 0) is 133 Å². The van der Waals surface area contributed by atoms with Crippen LogP contribution in [0.25, 0.3) is 23.3 Å². The second-order valence-corrected chi connectivity index (χ2v) is 19.0. The van der Waals surface area contributed by atoms with Crippen LogP contribution < -0.4 is 58.4 Å². The number of rotatable bonds is 18. The van der Waals surface area contributed by atoms with Crippen LogP contribution in [0, 0.1) is 0 Å². The molecule has 468 valence electrons. The van der Waals surface area contributed by atoms with Gasteiger partial charge >= 0.3 is 5.97 Å². The molecule has 13 N–H and O–H groups in total. The van der Waals surface area contributed by atoms with E-state index in [0.717, 1.165) is 34.1 Å². The normalized spacial score (nSPS) is 10.4. The molecule has 0 aliphatic rings. The molecule has 0 amide bonds. The van der Waals surface area contributed by atoms with E-state index >= 15 is 0 Å². The van der Waals surface area contributed by atoms with Gasteiger partial charge in [-0.1, -0.05) is 60.7 Å². The maximum atomic E-state index is 11.5. The molecule has 0 aliphatic heterocycles. The quantitative estimate of drug-likeness (QED) is 0.0361. The summed E-state index contributed by atoms with van der Waals surface area (Å²) in [6, 6.07) is 58.5. The van der Waals surface area contributed by atoms with Crippen molar-refractivity contribution < 1.29 is 28.8 Å². The van der Waals surface area contributed by atoms with Gasteiger partial charge in [-0.15, -0.1) is 20.4 Å². The van der Waals surface area contributed by atoms with Crippen LogP contribution in [-0.4, -0.2) is 111 Å². The summed E-state index contributed by atoms with van der Waals surface area (Å²) in [6.45, 7) is 0.0137. The fourth-order valence-electron chi connectivity index (χ4n) is 8.30. The van der Waals surface area contributed by atoms with Crippen molar-refractivity contribution in [3.05, 3.63) is 230 Å². The monoisotopic (exact) mass is 1250 g/mol. The number of anilines is 12. The number of hydrogen-bond acceptors (Lipinski definition) is 26. The van der Waals surface area contributed by atoms with E-state index in [2.05, 4.69) is 81.5 Å². The maximum Gasteiger partial charge on any atom is 0.337 e. The van der Waals surface area contributed by atoms with Gasteiger partial charge in [-0.2, -0.15) is 38.7 Å².